The van der Waals surface area contributed by atoms with Crippen molar-refractivity contribution in [1.82, 2.24) is 8.75 Å². The van der Waals surface area contributed by atoms with E-state index in [1.807, 2.05) is 34.0 Å². The molecule has 2 aliphatic rings. The molecule has 0 amide bonds. The molecule has 0 atom stereocenters. The molecule has 61 heavy (non-hydrogen) atoms. The first kappa shape index (κ1) is 45.2. The molecule has 5 heterocycles. The van der Waals surface area contributed by atoms with Crippen LogP contribution in [0.2, 0.25) is 0 Å². The normalized spacial score (nSPS) is 14.9. The van der Waals surface area contributed by atoms with Gasteiger partial charge in [-0.2, -0.15) is 8.75 Å². The van der Waals surface area contributed by atoms with Gasteiger partial charge in [0, 0.05) is 50.1 Å². The summed E-state index contributed by atoms with van der Waals surface area (Å²) in [5, 5.41) is 0. The quantitative estimate of drug-likeness (QED) is 0.0535. The van der Waals surface area contributed by atoms with Gasteiger partial charge in [0.1, 0.15) is 11.0 Å². The summed E-state index contributed by atoms with van der Waals surface area (Å²) in [4.78, 5) is 11.8. The molecular weight excluding hydrogens is 837 g/mol. The van der Waals surface area contributed by atoms with Gasteiger partial charge in [-0.05, 0) is 123 Å². The van der Waals surface area contributed by atoms with E-state index in [-0.39, 0.29) is 0 Å². The van der Waals surface area contributed by atoms with Crippen molar-refractivity contribution in [2.75, 3.05) is 0 Å². The fraction of sp³-hybridized carbons (Fsp3) is 0.556. The number of allylic oxidation sites excluding steroid dienone is 2. The van der Waals surface area contributed by atoms with Crippen molar-refractivity contribution in [3.63, 3.8) is 0 Å². The van der Waals surface area contributed by atoms with Crippen LogP contribution in [0.1, 0.15) is 197 Å². The van der Waals surface area contributed by atoms with Crippen molar-refractivity contribution in [2.24, 2.45) is 0 Å². The molecule has 7 heteroatoms. The molecule has 0 radical (unpaired) electrons. The molecule has 0 N–H and O–H groups in total. The molecule has 0 unspecified atom stereocenters. The fourth-order valence-corrected chi connectivity index (χ4v) is 15.6. The standard InChI is InChI=1S/C54H70N2S5/c1-5-7-9-11-13-15-17-19-21-23-25-39-34-47(58-38(39)4)45-31-32-46(51-50(45)55-61-56-51)48-35-40(26-24-22-20-18-16-14-12-10-8-6-2)54(59-48)49-36-42-28-30-44(53(42)60-49)43-29-27-41-33-37(3)57-52(41)43/h31-36H,5-30H2,1-4H3/b44-43+. The van der Waals surface area contributed by atoms with E-state index in [9.17, 15) is 0 Å². The molecule has 5 aromatic heterocycles. The van der Waals surface area contributed by atoms with Gasteiger partial charge in [-0.1, -0.05) is 142 Å². The molecule has 0 fully saturated rings. The van der Waals surface area contributed by atoms with Crippen LogP contribution in [-0.4, -0.2) is 8.75 Å². The van der Waals surface area contributed by atoms with E-state index in [2.05, 4.69) is 75.4 Å². The Bertz CT molecular complexity index is 2360. The number of fused-ring (bicyclic) bond motifs is 3. The zero-order valence-electron chi connectivity index (χ0n) is 37.8. The van der Waals surface area contributed by atoms with Gasteiger partial charge in [-0.15, -0.1) is 45.3 Å². The third kappa shape index (κ3) is 11.1. The van der Waals surface area contributed by atoms with Crippen LogP contribution in [-0.2, 0) is 25.7 Å². The minimum absolute atomic E-state index is 1.08. The van der Waals surface area contributed by atoms with Crippen LogP contribution in [0.15, 0.2) is 36.4 Å². The van der Waals surface area contributed by atoms with Gasteiger partial charge < -0.3 is 0 Å². The maximum absolute atomic E-state index is 5.01. The Kier molecular flexibility index (Phi) is 16.6. The zero-order chi connectivity index (χ0) is 42.0. The third-order valence-corrected chi connectivity index (χ3v) is 19.0. The van der Waals surface area contributed by atoms with Crippen molar-refractivity contribution >= 4 is 79.3 Å². The smallest absolute Gasteiger partial charge is 0.114 e. The number of hydrogen-bond acceptors (Lipinski definition) is 7. The van der Waals surface area contributed by atoms with Crippen LogP contribution in [0.5, 0.6) is 0 Å². The summed E-state index contributed by atoms with van der Waals surface area (Å²) in [6.45, 7) is 9.22. The summed E-state index contributed by atoms with van der Waals surface area (Å²) in [5.41, 5.74) is 14.2. The van der Waals surface area contributed by atoms with Gasteiger partial charge in [0.15, 0.2) is 0 Å². The summed E-state index contributed by atoms with van der Waals surface area (Å²) in [6.07, 6.45) is 34.8. The highest BCUT2D eigenvalue weighted by Crippen LogP contribution is 2.52. The van der Waals surface area contributed by atoms with Crippen molar-refractivity contribution in [1.29, 1.82) is 0 Å². The number of rotatable bonds is 25. The second kappa shape index (κ2) is 22.5. The van der Waals surface area contributed by atoms with Crippen LogP contribution in [0.3, 0.4) is 0 Å². The van der Waals surface area contributed by atoms with Crippen LogP contribution < -0.4 is 0 Å². The molecule has 0 spiro atoms. The lowest BCUT2D eigenvalue weighted by Crippen LogP contribution is -1.87. The van der Waals surface area contributed by atoms with E-state index in [0.29, 0.717) is 0 Å². The van der Waals surface area contributed by atoms with Gasteiger partial charge in [-0.3, -0.25) is 0 Å². The van der Waals surface area contributed by atoms with Gasteiger partial charge in [-0.25, -0.2) is 0 Å². The number of nitrogens with zero attached hydrogens (tertiary/aromatic N) is 2. The highest BCUT2D eigenvalue weighted by atomic mass is 32.1. The summed E-state index contributed by atoms with van der Waals surface area (Å²) in [7, 11) is 0. The average molecular weight is 908 g/mol. The van der Waals surface area contributed by atoms with Gasteiger partial charge in [0.25, 0.3) is 0 Å². The molecule has 1 aromatic carbocycles. The van der Waals surface area contributed by atoms with E-state index in [4.69, 9.17) is 8.75 Å². The lowest BCUT2D eigenvalue weighted by molar-refractivity contribution is 0.556. The zero-order valence-corrected chi connectivity index (χ0v) is 41.9. The molecule has 2 aliphatic carbocycles. The van der Waals surface area contributed by atoms with Crippen LogP contribution >= 0.6 is 57.1 Å². The topological polar surface area (TPSA) is 25.8 Å². The molecule has 2 nitrogen and oxygen atoms in total. The predicted molar refractivity (Wildman–Crippen MR) is 276 cm³/mol. The summed E-state index contributed by atoms with van der Waals surface area (Å²) >= 11 is 9.45. The largest absolute Gasteiger partial charge is 0.172 e. The van der Waals surface area contributed by atoms with Crippen molar-refractivity contribution in [3.8, 4) is 30.6 Å². The van der Waals surface area contributed by atoms with Crippen LogP contribution in [0.25, 0.3) is 52.8 Å². The second-order valence-electron chi connectivity index (χ2n) is 18.3. The number of thiophene rings is 4. The lowest BCUT2D eigenvalue weighted by Gasteiger charge is -2.06. The maximum Gasteiger partial charge on any atom is 0.114 e. The highest BCUT2D eigenvalue weighted by molar-refractivity contribution is 7.24. The number of hydrogen-bond donors (Lipinski definition) is 0. The van der Waals surface area contributed by atoms with E-state index >= 15 is 0 Å². The number of aromatic nitrogens is 2. The predicted octanol–water partition coefficient (Wildman–Crippen LogP) is 19.3. The molecule has 0 saturated heterocycles. The number of aryl methyl sites for hydroxylation is 6. The Morgan fingerprint density at radius 1 is 0.443 bits per heavy atom. The first-order chi connectivity index (χ1) is 30.0. The minimum Gasteiger partial charge on any atom is -0.172 e. The SMILES string of the molecule is CCCCCCCCCCCCc1cc(-c2ccc(-c3cc(CCCCCCCCCCCC)c(-c4cc5c(s4)/C(=C4\CCc6cc(C)sc64)CC5)s3)c3nsnc23)sc1C. The van der Waals surface area contributed by atoms with Gasteiger partial charge >= 0.3 is 0 Å². The average Bonchev–Trinajstić information content (AvgIpc) is 4.12. The molecular formula is C54H70N2S5. The molecule has 0 bridgehead atoms. The molecule has 6 aromatic rings. The van der Waals surface area contributed by atoms with Crippen molar-refractivity contribution in [2.45, 2.75) is 195 Å². The number of benzene rings is 1. The van der Waals surface area contributed by atoms with Crippen molar-refractivity contribution < 1.29 is 0 Å². The highest BCUT2D eigenvalue weighted by Gasteiger charge is 2.29. The van der Waals surface area contributed by atoms with Gasteiger partial charge in [0.2, 0.25) is 0 Å². The molecule has 0 saturated carbocycles. The van der Waals surface area contributed by atoms with Gasteiger partial charge in [0.05, 0.1) is 11.7 Å². The maximum atomic E-state index is 5.01. The fourth-order valence-electron chi connectivity index (χ4n) is 10.0. The monoisotopic (exact) mass is 906 g/mol. The Hall–Kier alpha value is -2.42. The Balaban J connectivity index is 0.989. The van der Waals surface area contributed by atoms with E-state index in [1.54, 1.807) is 32.0 Å². The minimum atomic E-state index is 1.08. The van der Waals surface area contributed by atoms with Crippen LogP contribution in [0.4, 0.5) is 0 Å². The lowest BCUT2D eigenvalue weighted by atomic mass is 10.0. The van der Waals surface area contributed by atoms with E-state index in [1.165, 1.54) is 224 Å². The Morgan fingerprint density at radius 3 is 1.48 bits per heavy atom. The summed E-state index contributed by atoms with van der Waals surface area (Å²) in [5.74, 6) is 0. The van der Waals surface area contributed by atoms with Crippen LogP contribution in [0, 0.1) is 13.8 Å². The number of unbranched alkanes of at least 4 members (excludes halogenated alkanes) is 18. The third-order valence-electron chi connectivity index (χ3n) is 13.5. The summed E-state index contributed by atoms with van der Waals surface area (Å²) in [6, 6.07) is 14.8. The molecule has 0 aliphatic heterocycles. The Labute approximate surface area is 388 Å². The summed E-state index contributed by atoms with van der Waals surface area (Å²) < 4.78 is 9.99. The Morgan fingerprint density at radius 2 is 0.902 bits per heavy atom. The molecule has 8 rings (SSSR count). The molecule has 326 valence electrons. The second-order valence-corrected chi connectivity index (χ2v) is 23.4. The van der Waals surface area contributed by atoms with Crippen molar-refractivity contribution in [3.05, 3.63) is 78.2 Å². The first-order valence-electron chi connectivity index (χ1n) is 24.5. The first-order valence-corrected chi connectivity index (χ1v) is 28.4. The van der Waals surface area contributed by atoms with E-state index < -0.39 is 0 Å². The van der Waals surface area contributed by atoms with E-state index in [0.717, 1.165) is 17.5 Å².